The third-order valence-electron chi connectivity index (χ3n) is 3.78. The van der Waals surface area contributed by atoms with Crippen molar-refractivity contribution in [3.63, 3.8) is 0 Å². The third kappa shape index (κ3) is 4.45. The summed E-state index contributed by atoms with van der Waals surface area (Å²) in [4.78, 5) is 12.4. The lowest BCUT2D eigenvalue weighted by Gasteiger charge is -2.12. The molecule has 0 aliphatic heterocycles. The zero-order valence-electron chi connectivity index (χ0n) is 14.6. The second kappa shape index (κ2) is 7.93. The first-order valence-electron chi connectivity index (χ1n) is 8.06. The normalized spacial score (nSPS) is 12.0. The molecule has 134 valence electrons. The van der Waals surface area contributed by atoms with Crippen molar-refractivity contribution >= 4 is 35.0 Å². The average molecular weight is 388 g/mol. The monoisotopic (exact) mass is 387 g/mol. The van der Waals surface area contributed by atoms with Gasteiger partial charge in [0.15, 0.2) is 0 Å². The van der Waals surface area contributed by atoms with E-state index in [1.807, 2.05) is 32.0 Å². The van der Waals surface area contributed by atoms with E-state index in [4.69, 9.17) is 16.0 Å². The van der Waals surface area contributed by atoms with Crippen LogP contribution in [0.2, 0.25) is 5.02 Å². The van der Waals surface area contributed by atoms with Crippen LogP contribution >= 0.6 is 23.4 Å². The maximum atomic E-state index is 12.4. The molecule has 5 nitrogen and oxygen atoms in total. The van der Waals surface area contributed by atoms with E-state index in [1.54, 1.807) is 31.2 Å². The summed E-state index contributed by atoms with van der Waals surface area (Å²) in [5, 5.41) is 11.6. The fourth-order valence-electron chi connectivity index (χ4n) is 2.36. The van der Waals surface area contributed by atoms with Gasteiger partial charge in [0.25, 0.3) is 5.22 Å². The first kappa shape index (κ1) is 18.5. The molecule has 1 aromatic heterocycles. The summed E-state index contributed by atoms with van der Waals surface area (Å²) in [5.74, 6) is 0.277. The van der Waals surface area contributed by atoms with Crippen molar-refractivity contribution in [2.24, 2.45) is 0 Å². The first-order chi connectivity index (χ1) is 12.4. The largest absolute Gasteiger partial charge is 0.411 e. The molecule has 0 aliphatic rings. The molecule has 1 amide bonds. The number of halogens is 1. The van der Waals surface area contributed by atoms with Gasteiger partial charge in [0.2, 0.25) is 11.8 Å². The maximum Gasteiger partial charge on any atom is 0.277 e. The molecule has 0 fully saturated rings. The van der Waals surface area contributed by atoms with Crippen LogP contribution in [-0.4, -0.2) is 21.4 Å². The summed E-state index contributed by atoms with van der Waals surface area (Å²) < 4.78 is 5.64. The van der Waals surface area contributed by atoms with Gasteiger partial charge in [-0.15, -0.1) is 10.2 Å². The highest BCUT2D eigenvalue weighted by Gasteiger charge is 2.19. The lowest BCUT2D eigenvalue weighted by molar-refractivity contribution is -0.115. The zero-order valence-corrected chi connectivity index (χ0v) is 16.2. The predicted octanol–water partition coefficient (Wildman–Crippen LogP) is 5.13. The maximum absolute atomic E-state index is 12.4. The summed E-state index contributed by atoms with van der Waals surface area (Å²) in [5.41, 5.74) is 3.77. The number of aromatic nitrogens is 2. The Bertz CT molecular complexity index is 925. The quantitative estimate of drug-likeness (QED) is 0.615. The van der Waals surface area contributed by atoms with Gasteiger partial charge in [-0.2, -0.15) is 0 Å². The van der Waals surface area contributed by atoms with Crippen molar-refractivity contribution in [1.29, 1.82) is 0 Å². The van der Waals surface area contributed by atoms with Crippen molar-refractivity contribution in [3.05, 3.63) is 58.6 Å². The van der Waals surface area contributed by atoms with E-state index in [2.05, 4.69) is 15.5 Å². The van der Waals surface area contributed by atoms with Gasteiger partial charge in [0, 0.05) is 16.3 Å². The van der Waals surface area contributed by atoms with Crippen molar-refractivity contribution in [1.82, 2.24) is 10.2 Å². The molecule has 0 saturated heterocycles. The number of nitrogens with zero attached hydrogens (tertiary/aromatic N) is 2. The average Bonchev–Trinajstić information content (AvgIpc) is 3.06. The van der Waals surface area contributed by atoms with Gasteiger partial charge in [-0.05, 0) is 56.7 Å². The second-order valence-electron chi connectivity index (χ2n) is 5.95. The zero-order chi connectivity index (χ0) is 18.7. The molecule has 3 rings (SSSR count). The van der Waals surface area contributed by atoms with E-state index in [-0.39, 0.29) is 11.2 Å². The van der Waals surface area contributed by atoms with Crippen LogP contribution in [0.3, 0.4) is 0 Å². The molecule has 1 atom stereocenters. The van der Waals surface area contributed by atoms with Crippen LogP contribution in [0.4, 0.5) is 5.69 Å². The number of benzene rings is 2. The number of amides is 1. The number of hydrogen-bond acceptors (Lipinski definition) is 5. The predicted molar refractivity (Wildman–Crippen MR) is 105 cm³/mol. The van der Waals surface area contributed by atoms with Crippen LogP contribution < -0.4 is 5.32 Å². The minimum atomic E-state index is -0.380. The van der Waals surface area contributed by atoms with Crippen LogP contribution in [0.25, 0.3) is 11.5 Å². The van der Waals surface area contributed by atoms with Crippen LogP contribution in [-0.2, 0) is 4.79 Å². The van der Waals surface area contributed by atoms with Crippen LogP contribution in [0.1, 0.15) is 18.1 Å². The highest BCUT2D eigenvalue weighted by Crippen LogP contribution is 2.27. The molecule has 1 N–H and O–H groups in total. The van der Waals surface area contributed by atoms with Gasteiger partial charge < -0.3 is 9.73 Å². The molecule has 0 radical (unpaired) electrons. The fourth-order valence-corrected chi connectivity index (χ4v) is 3.17. The Labute approximate surface area is 161 Å². The summed E-state index contributed by atoms with van der Waals surface area (Å²) >= 11 is 7.10. The van der Waals surface area contributed by atoms with Gasteiger partial charge in [-0.25, -0.2) is 0 Å². The van der Waals surface area contributed by atoms with E-state index in [0.29, 0.717) is 16.1 Å². The van der Waals surface area contributed by atoms with Gasteiger partial charge in [-0.3, -0.25) is 4.79 Å². The van der Waals surface area contributed by atoms with Gasteiger partial charge in [-0.1, -0.05) is 41.1 Å². The Morgan fingerprint density at radius 3 is 2.58 bits per heavy atom. The standard InChI is InChI=1S/C19H18ClN3O2S/c1-11-4-9-16(12(2)10-11)21-17(24)13(3)26-19-23-22-18(25-19)14-5-7-15(20)8-6-14/h4-10,13H,1-3H3,(H,21,24). The van der Waals surface area contributed by atoms with Crippen molar-refractivity contribution < 1.29 is 9.21 Å². The molecule has 0 saturated carbocycles. The third-order valence-corrected chi connectivity index (χ3v) is 4.97. The molecule has 0 bridgehead atoms. The summed E-state index contributed by atoms with van der Waals surface area (Å²) in [6.45, 7) is 5.79. The smallest absolute Gasteiger partial charge is 0.277 e. The highest BCUT2D eigenvalue weighted by molar-refractivity contribution is 8.00. The summed E-state index contributed by atoms with van der Waals surface area (Å²) in [6.07, 6.45) is 0. The SMILES string of the molecule is Cc1ccc(NC(=O)C(C)Sc2nnc(-c3ccc(Cl)cc3)o2)c(C)c1. The molecule has 2 aromatic carbocycles. The van der Waals surface area contributed by atoms with Gasteiger partial charge >= 0.3 is 0 Å². The highest BCUT2D eigenvalue weighted by atomic mass is 35.5. The number of carbonyl (C=O) groups is 1. The summed E-state index contributed by atoms with van der Waals surface area (Å²) in [6, 6.07) is 13.0. The number of thioether (sulfide) groups is 1. The molecule has 26 heavy (non-hydrogen) atoms. The lowest BCUT2D eigenvalue weighted by Crippen LogP contribution is -2.22. The Balaban J connectivity index is 1.65. The van der Waals surface area contributed by atoms with E-state index in [9.17, 15) is 4.79 Å². The molecule has 0 spiro atoms. The first-order valence-corrected chi connectivity index (χ1v) is 9.32. The van der Waals surface area contributed by atoms with E-state index < -0.39 is 0 Å². The number of hydrogen-bond donors (Lipinski definition) is 1. The summed E-state index contributed by atoms with van der Waals surface area (Å²) in [7, 11) is 0. The van der Waals surface area contributed by atoms with Gasteiger partial charge in [0.1, 0.15) is 0 Å². The van der Waals surface area contributed by atoms with Gasteiger partial charge in [0.05, 0.1) is 5.25 Å². The molecular weight excluding hydrogens is 370 g/mol. The van der Waals surface area contributed by atoms with Crippen LogP contribution in [0.15, 0.2) is 52.1 Å². The minimum Gasteiger partial charge on any atom is -0.411 e. The van der Waals surface area contributed by atoms with Crippen molar-refractivity contribution in [3.8, 4) is 11.5 Å². The van der Waals surface area contributed by atoms with Crippen molar-refractivity contribution in [2.45, 2.75) is 31.2 Å². The second-order valence-corrected chi connectivity index (χ2v) is 7.68. The number of aryl methyl sites for hydroxylation is 2. The van der Waals surface area contributed by atoms with Crippen LogP contribution in [0.5, 0.6) is 0 Å². The lowest BCUT2D eigenvalue weighted by atomic mass is 10.1. The number of rotatable bonds is 5. The number of nitrogens with one attached hydrogen (secondary N) is 1. The Morgan fingerprint density at radius 1 is 1.15 bits per heavy atom. The molecule has 3 aromatic rings. The Hall–Kier alpha value is -2.31. The Morgan fingerprint density at radius 2 is 1.88 bits per heavy atom. The molecule has 0 aliphatic carbocycles. The molecular formula is C19H18ClN3O2S. The van der Waals surface area contributed by atoms with E-state index >= 15 is 0 Å². The minimum absolute atomic E-state index is 0.117. The van der Waals surface area contributed by atoms with Crippen molar-refractivity contribution in [2.75, 3.05) is 5.32 Å². The number of anilines is 1. The molecule has 7 heteroatoms. The Kier molecular flexibility index (Phi) is 5.64. The topological polar surface area (TPSA) is 68.0 Å². The fraction of sp³-hybridized carbons (Fsp3) is 0.211. The molecule has 1 heterocycles. The number of carbonyl (C=O) groups excluding carboxylic acids is 1. The molecule has 1 unspecified atom stereocenters. The van der Waals surface area contributed by atoms with E-state index in [1.165, 1.54) is 11.8 Å². The van der Waals surface area contributed by atoms with Crippen LogP contribution in [0, 0.1) is 13.8 Å². The van der Waals surface area contributed by atoms with E-state index in [0.717, 1.165) is 22.4 Å².